The second kappa shape index (κ2) is 5.45. The Hall–Kier alpha value is -2.22. The molecule has 0 radical (unpaired) electrons. The van der Waals surface area contributed by atoms with Crippen LogP contribution in [0.5, 0.6) is 0 Å². The Balaban J connectivity index is 1.77. The summed E-state index contributed by atoms with van der Waals surface area (Å²) in [5.74, 6) is -2.89. The van der Waals surface area contributed by atoms with Gasteiger partial charge in [0.15, 0.2) is 0 Å². The Kier molecular flexibility index (Phi) is 3.71. The van der Waals surface area contributed by atoms with Crippen LogP contribution in [0.1, 0.15) is 23.7 Å². The van der Waals surface area contributed by atoms with Crippen molar-refractivity contribution in [3.05, 3.63) is 53.5 Å². The number of halogens is 2. The lowest BCUT2D eigenvalue weighted by Crippen LogP contribution is -2.32. The standard InChI is InChI=1S/C15H13F2NO4S/c1-8-5-12(17)14(7-11(8)16)23(20,21)18-15(19)10-6-9(10)13-3-2-4-22-13/h2-5,7,9-10H,6H2,1H3,(H,18,19)/t9-,10-/m0/s1. The molecule has 1 amide bonds. The van der Waals surface area contributed by atoms with E-state index in [1.165, 1.54) is 13.2 Å². The first-order chi connectivity index (χ1) is 10.8. The van der Waals surface area contributed by atoms with Gasteiger partial charge in [-0.2, -0.15) is 0 Å². The second-order valence-corrected chi connectivity index (χ2v) is 7.12. The number of sulfonamides is 1. The Bertz CT molecular complexity index is 862. The molecule has 0 bridgehead atoms. The number of benzene rings is 1. The maximum absolute atomic E-state index is 13.8. The van der Waals surface area contributed by atoms with Crippen LogP contribution in [0.15, 0.2) is 39.8 Å². The molecule has 1 heterocycles. The maximum atomic E-state index is 13.8. The van der Waals surface area contributed by atoms with Gasteiger partial charge < -0.3 is 4.42 Å². The molecule has 0 unspecified atom stereocenters. The largest absolute Gasteiger partial charge is 0.469 e. The first kappa shape index (κ1) is 15.7. The normalized spacial score (nSPS) is 20.3. The van der Waals surface area contributed by atoms with E-state index in [0.29, 0.717) is 18.2 Å². The first-order valence-electron chi connectivity index (χ1n) is 6.85. The molecule has 1 fully saturated rings. The zero-order valence-corrected chi connectivity index (χ0v) is 12.9. The van der Waals surface area contributed by atoms with Crippen molar-refractivity contribution in [2.75, 3.05) is 0 Å². The third-order valence-electron chi connectivity index (χ3n) is 3.77. The summed E-state index contributed by atoms with van der Waals surface area (Å²) < 4.78 is 58.4. The summed E-state index contributed by atoms with van der Waals surface area (Å²) in [5, 5.41) is 0. The van der Waals surface area contributed by atoms with Crippen LogP contribution in [0.2, 0.25) is 0 Å². The molecule has 0 aliphatic heterocycles. The average Bonchev–Trinajstić information content (AvgIpc) is 3.09. The van der Waals surface area contributed by atoms with Crippen molar-refractivity contribution in [3.63, 3.8) is 0 Å². The molecule has 1 saturated carbocycles. The van der Waals surface area contributed by atoms with Crippen molar-refractivity contribution in [2.45, 2.75) is 24.2 Å². The van der Waals surface area contributed by atoms with Gasteiger partial charge in [0, 0.05) is 11.8 Å². The molecule has 8 heteroatoms. The van der Waals surface area contributed by atoms with Crippen molar-refractivity contribution in [3.8, 4) is 0 Å². The summed E-state index contributed by atoms with van der Waals surface area (Å²) in [5.41, 5.74) is -0.0205. The highest BCUT2D eigenvalue weighted by Crippen LogP contribution is 2.47. The van der Waals surface area contributed by atoms with Crippen LogP contribution in [0, 0.1) is 24.5 Å². The molecule has 0 saturated heterocycles. The third-order valence-corrected chi connectivity index (χ3v) is 5.14. The third kappa shape index (κ3) is 2.98. The molecule has 1 aromatic heterocycles. The van der Waals surface area contributed by atoms with E-state index in [4.69, 9.17) is 4.42 Å². The zero-order valence-electron chi connectivity index (χ0n) is 12.0. The number of rotatable bonds is 4. The highest BCUT2D eigenvalue weighted by Gasteiger charge is 2.47. The fourth-order valence-corrected chi connectivity index (χ4v) is 3.50. The summed E-state index contributed by atoms with van der Waals surface area (Å²) in [6.07, 6.45) is 1.91. The number of carbonyl (C=O) groups is 1. The highest BCUT2D eigenvalue weighted by atomic mass is 32.2. The Morgan fingerprint density at radius 2 is 2.04 bits per heavy atom. The van der Waals surface area contributed by atoms with Gasteiger partial charge >= 0.3 is 0 Å². The van der Waals surface area contributed by atoms with E-state index in [0.717, 1.165) is 6.07 Å². The summed E-state index contributed by atoms with van der Waals surface area (Å²) in [6.45, 7) is 1.31. The van der Waals surface area contributed by atoms with Crippen molar-refractivity contribution in [1.82, 2.24) is 4.72 Å². The van der Waals surface area contributed by atoms with Gasteiger partial charge in [-0.15, -0.1) is 0 Å². The Labute approximate surface area is 131 Å². The Morgan fingerprint density at radius 3 is 2.70 bits per heavy atom. The zero-order chi connectivity index (χ0) is 16.8. The number of hydrogen-bond acceptors (Lipinski definition) is 4. The number of amides is 1. The van der Waals surface area contributed by atoms with E-state index < -0.39 is 38.4 Å². The minimum absolute atomic E-state index is 0.0205. The molecule has 2 aromatic rings. The highest BCUT2D eigenvalue weighted by molar-refractivity contribution is 7.90. The van der Waals surface area contributed by atoms with Gasteiger partial charge in [-0.25, -0.2) is 21.9 Å². The van der Waals surface area contributed by atoms with Gasteiger partial charge in [0.05, 0.1) is 6.26 Å². The Morgan fingerprint density at radius 1 is 1.30 bits per heavy atom. The molecule has 1 aromatic carbocycles. The van der Waals surface area contributed by atoms with E-state index in [2.05, 4.69) is 0 Å². The summed E-state index contributed by atoms with van der Waals surface area (Å²) in [4.78, 5) is 11.1. The van der Waals surface area contributed by atoms with Crippen LogP contribution in [-0.4, -0.2) is 14.3 Å². The van der Waals surface area contributed by atoms with E-state index in [9.17, 15) is 22.0 Å². The maximum Gasteiger partial charge on any atom is 0.267 e. The van der Waals surface area contributed by atoms with Crippen molar-refractivity contribution >= 4 is 15.9 Å². The fraction of sp³-hybridized carbons (Fsp3) is 0.267. The molecule has 122 valence electrons. The number of carbonyl (C=O) groups excluding carboxylic acids is 1. The molecule has 23 heavy (non-hydrogen) atoms. The number of hydrogen-bond donors (Lipinski definition) is 1. The summed E-state index contributed by atoms with van der Waals surface area (Å²) in [6, 6.07) is 4.71. The van der Waals surface area contributed by atoms with Crippen LogP contribution >= 0.6 is 0 Å². The molecular formula is C15H13F2NO4S. The predicted octanol–water partition coefficient (Wildman–Crippen LogP) is 2.47. The van der Waals surface area contributed by atoms with E-state index >= 15 is 0 Å². The van der Waals surface area contributed by atoms with Gasteiger partial charge in [0.1, 0.15) is 22.3 Å². The molecule has 3 rings (SSSR count). The van der Waals surface area contributed by atoms with Crippen LogP contribution in [0.4, 0.5) is 8.78 Å². The van der Waals surface area contributed by atoms with Crippen LogP contribution in [-0.2, 0) is 14.8 Å². The van der Waals surface area contributed by atoms with Crippen LogP contribution < -0.4 is 4.72 Å². The van der Waals surface area contributed by atoms with E-state index in [1.807, 2.05) is 0 Å². The quantitative estimate of drug-likeness (QED) is 0.927. The molecule has 1 aliphatic carbocycles. The summed E-state index contributed by atoms with van der Waals surface area (Å²) in [7, 11) is -4.47. The van der Waals surface area contributed by atoms with Crippen LogP contribution in [0.3, 0.4) is 0 Å². The molecule has 1 aliphatic rings. The predicted molar refractivity (Wildman–Crippen MR) is 76.0 cm³/mol. The van der Waals surface area contributed by atoms with Gasteiger partial charge in [-0.1, -0.05) is 0 Å². The average molecular weight is 341 g/mol. The lowest BCUT2D eigenvalue weighted by Gasteiger charge is -2.08. The van der Waals surface area contributed by atoms with Crippen molar-refractivity contribution in [1.29, 1.82) is 0 Å². The van der Waals surface area contributed by atoms with Crippen molar-refractivity contribution < 1.29 is 26.4 Å². The van der Waals surface area contributed by atoms with E-state index in [-0.39, 0.29) is 11.5 Å². The van der Waals surface area contributed by atoms with Gasteiger partial charge in [-0.05, 0) is 43.2 Å². The molecule has 0 spiro atoms. The minimum atomic E-state index is -4.47. The topological polar surface area (TPSA) is 76.4 Å². The second-order valence-electron chi connectivity index (χ2n) is 5.47. The van der Waals surface area contributed by atoms with E-state index in [1.54, 1.807) is 16.9 Å². The van der Waals surface area contributed by atoms with Gasteiger partial charge in [-0.3, -0.25) is 4.79 Å². The number of furan rings is 1. The molecule has 2 atom stereocenters. The van der Waals surface area contributed by atoms with Gasteiger partial charge in [0.2, 0.25) is 5.91 Å². The number of nitrogens with one attached hydrogen (secondary N) is 1. The fourth-order valence-electron chi connectivity index (χ4n) is 2.40. The molecule has 1 N–H and O–H groups in total. The smallest absolute Gasteiger partial charge is 0.267 e. The number of aryl methyl sites for hydroxylation is 1. The minimum Gasteiger partial charge on any atom is -0.469 e. The molecular weight excluding hydrogens is 328 g/mol. The monoisotopic (exact) mass is 341 g/mol. The van der Waals surface area contributed by atoms with Gasteiger partial charge in [0.25, 0.3) is 10.0 Å². The molecule has 5 nitrogen and oxygen atoms in total. The lowest BCUT2D eigenvalue weighted by molar-refractivity contribution is -0.120. The first-order valence-corrected chi connectivity index (χ1v) is 8.33. The van der Waals surface area contributed by atoms with Crippen LogP contribution in [0.25, 0.3) is 0 Å². The lowest BCUT2D eigenvalue weighted by atomic mass is 10.2. The summed E-state index contributed by atoms with van der Waals surface area (Å²) >= 11 is 0. The van der Waals surface area contributed by atoms with Crippen molar-refractivity contribution in [2.24, 2.45) is 5.92 Å². The SMILES string of the molecule is Cc1cc(F)c(S(=O)(=O)NC(=O)[C@H]2C[C@@H]2c2ccco2)cc1F.